The molecule has 4 heteroatoms. The van der Waals surface area contributed by atoms with Crippen molar-refractivity contribution in [2.75, 3.05) is 0 Å². The molecule has 4 rings (SSSR count). The molecule has 2 aromatic rings. The van der Waals surface area contributed by atoms with E-state index in [2.05, 4.69) is 17.2 Å². The second-order valence-corrected chi connectivity index (χ2v) is 5.81. The van der Waals surface area contributed by atoms with Crippen molar-refractivity contribution in [3.05, 3.63) is 71.3 Å². The summed E-state index contributed by atoms with van der Waals surface area (Å²) in [5.74, 6) is 6.26. The Morgan fingerprint density at radius 1 is 1.00 bits per heavy atom. The highest BCUT2D eigenvalue weighted by atomic mass is 16.7. The number of amides is 1. The summed E-state index contributed by atoms with van der Waals surface area (Å²) in [6, 6.07) is 17.6. The van der Waals surface area contributed by atoms with Gasteiger partial charge in [0.1, 0.15) is 6.10 Å². The Labute approximate surface area is 134 Å². The number of carbonyl (C=O) groups excluding carboxylic acids is 1. The number of alkyl carbamates (subject to hydrolysis) is 1. The molecule has 0 aliphatic carbocycles. The van der Waals surface area contributed by atoms with Crippen LogP contribution in [-0.4, -0.2) is 18.4 Å². The second-order valence-electron chi connectivity index (χ2n) is 5.81. The number of fused-ring (bicyclic) bond motifs is 1. The number of rotatable bonds is 1. The third-order valence-electron chi connectivity index (χ3n) is 4.18. The largest absolute Gasteiger partial charge is 0.435 e. The fourth-order valence-electron chi connectivity index (χ4n) is 2.81. The van der Waals surface area contributed by atoms with Gasteiger partial charge < -0.3 is 9.47 Å². The molecular weight excluding hydrogens is 290 g/mol. The standard InChI is InChI=1S/C19H15NO3/c1-19(16-17(22-16)20-18(21)23-19)15-11-9-14(10-12-15)8-7-13-5-3-2-4-6-13/h2-6,9-12,16-17H,1H3,(H,20,21). The van der Waals surface area contributed by atoms with Crippen LogP contribution >= 0.6 is 0 Å². The van der Waals surface area contributed by atoms with Gasteiger partial charge in [-0.1, -0.05) is 42.2 Å². The molecule has 3 atom stereocenters. The van der Waals surface area contributed by atoms with Crippen LogP contribution in [-0.2, 0) is 15.1 Å². The summed E-state index contributed by atoms with van der Waals surface area (Å²) >= 11 is 0. The van der Waals surface area contributed by atoms with Crippen molar-refractivity contribution in [3.63, 3.8) is 0 Å². The minimum Gasteiger partial charge on any atom is -0.435 e. The van der Waals surface area contributed by atoms with Crippen molar-refractivity contribution in [1.29, 1.82) is 0 Å². The number of benzene rings is 2. The van der Waals surface area contributed by atoms with E-state index in [1.807, 2.05) is 61.5 Å². The smallest absolute Gasteiger partial charge is 0.410 e. The Balaban J connectivity index is 1.57. The monoisotopic (exact) mass is 305 g/mol. The number of hydrogen-bond acceptors (Lipinski definition) is 3. The van der Waals surface area contributed by atoms with Gasteiger partial charge in [0.2, 0.25) is 0 Å². The molecule has 2 fully saturated rings. The maximum Gasteiger partial charge on any atom is 0.410 e. The summed E-state index contributed by atoms with van der Waals surface area (Å²) in [7, 11) is 0. The lowest BCUT2D eigenvalue weighted by Crippen LogP contribution is -2.47. The fourth-order valence-corrected chi connectivity index (χ4v) is 2.81. The molecule has 4 nitrogen and oxygen atoms in total. The highest BCUT2D eigenvalue weighted by molar-refractivity contribution is 5.70. The van der Waals surface area contributed by atoms with Crippen LogP contribution in [0.5, 0.6) is 0 Å². The Morgan fingerprint density at radius 3 is 2.35 bits per heavy atom. The van der Waals surface area contributed by atoms with Crippen LogP contribution in [0, 0.1) is 11.8 Å². The summed E-state index contributed by atoms with van der Waals surface area (Å²) in [6.45, 7) is 1.88. The molecule has 2 heterocycles. The van der Waals surface area contributed by atoms with Crippen molar-refractivity contribution < 1.29 is 14.3 Å². The van der Waals surface area contributed by atoms with Crippen LogP contribution in [0.4, 0.5) is 4.79 Å². The predicted molar refractivity (Wildman–Crippen MR) is 84.5 cm³/mol. The lowest BCUT2D eigenvalue weighted by atomic mass is 9.90. The van der Waals surface area contributed by atoms with Crippen LogP contribution in [0.3, 0.4) is 0 Å². The van der Waals surface area contributed by atoms with Gasteiger partial charge in [-0.3, -0.25) is 5.32 Å². The summed E-state index contributed by atoms with van der Waals surface area (Å²) in [5, 5.41) is 2.62. The molecule has 0 radical (unpaired) electrons. The van der Waals surface area contributed by atoms with E-state index in [4.69, 9.17) is 9.47 Å². The molecule has 2 aromatic carbocycles. The van der Waals surface area contributed by atoms with Gasteiger partial charge in [0.25, 0.3) is 0 Å². The first-order chi connectivity index (χ1) is 11.1. The Kier molecular flexibility index (Phi) is 3.10. The Morgan fingerprint density at radius 2 is 1.65 bits per heavy atom. The van der Waals surface area contributed by atoms with Gasteiger partial charge in [-0.15, -0.1) is 0 Å². The maximum atomic E-state index is 11.6. The van der Waals surface area contributed by atoms with E-state index >= 15 is 0 Å². The SMILES string of the molecule is CC1(c2ccc(C#Cc3ccccc3)cc2)OC(=O)NC2OC21. The second kappa shape index (κ2) is 5.15. The maximum absolute atomic E-state index is 11.6. The van der Waals surface area contributed by atoms with E-state index in [9.17, 15) is 4.79 Å². The first kappa shape index (κ1) is 13.9. The molecule has 0 spiro atoms. The van der Waals surface area contributed by atoms with Crippen molar-refractivity contribution in [1.82, 2.24) is 5.32 Å². The highest BCUT2D eigenvalue weighted by Gasteiger charge is 2.60. The normalized spacial score (nSPS) is 27.8. The lowest BCUT2D eigenvalue weighted by Gasteiger charge is -2.31. The Hall–Kier alpha value is -2.77. The molecule has 2 aliphatic rings. The third kappa shape index (κ3) is 2.56. The molecule has 23 heavy (non-hydrogen) atoms. The molecule has 1 amide bonds. The zero-order chi connectivity index (χ0) is 15.9. The van der Waals surface area contributed by atoms with Gasteiger partial charge in [-0.25, -0.2) is 4.79 Å². The van der Waals surface area contributed by atoms with Gasteiger partial charge in [0.15, 0.2) is 11.8 Å². The van der Waals surface area contributed by atoms with Crippen LogP contribution in [0.1, 0.15) is 23.6 Å². The number of epoxide rings is 1. The van der Waals surface area contributed by atoms with Gasteiger partial charge in [0, 0.05) is 11.1 Å². The zero-order valence-corrected chi connectivity index (χ0v) is 12.6. The molecular formula is C19H15NO3. The average molecular weight is 305 g/mol. The molecule has 0 bridgehead atoms. The van der Waals surface area contributed by atoms with Crippen molar-refractivity contribution >= 4 is 6.09 Å². The van der Waals surface area contributed by atoms with E-state index in [0.29, 0.717) is 0 Å². The van der Waals surface area contributed by atoms with Crippen LogP contribution in [0.25, 0.3) is 0 Å². The summed E-state index contributed by atoms with van der Waals surface area (Å²) in [5.41, 5.74) is 2.04. The fraction of sp³-hybridized carbons (Fsp3) is 0.211. The average Bonchev–Trinajstić information content (AvgIpc) is 3.34. The number of ether oxygens (including phenoxy) is 2. The summed E-state index contributed by atoms with van der Waals surface area (Å²) in [4.78, 5) is 11.6. The van der Waals surface area contributed by atoms with Crippen molar-refractivity contribution in [2.24, 2.45) is 0 Å². The van der Waals surface area contributed by atoms with Gasteiger partial charge in [-0.05, 0) is 36.8 Å². The van der Waals surface area contributed by atoms with Gasteiger partial charge in [-0.2, -0.15) is 0 Å². The molecule has 2 saturated heterocycles. The highest BCUT2D eigenvalue weighted by Crippen LogP contribution is 2.44. The van der Waals surface area contributed by atoms with E-state index in [1.54, 1.807) is 0 Å². The number of hydrogen-bond donors (Lipinski definition) is 1. The quantitative estimate of drug-likeness (QED) is 0.651. The number of carbonyl (C=O) groups is 1. The van der Waals surface area contributed by atoms with Crippen LogP contribution in [0.15, 0.2) is 54.6 Å². The minimum atomic E-state index is -0.752. The zero-order valence-electron chi connectivity index (χ0n) is 12.6. The summed E-state index contributed by atoms with van der Waals surface area (Å²) < 4.78 is 10.9. The van der Waals surface area contributed by atoms with E-state index in [-0.39, 0.29) is 12.3 Å². The van der Waals surface area contributed by atoms with Crippen molar-refractivity contribution in [3.8, 4) is 11.8 Å². The van der Waals surface area contributed by atoms with Crippen molar-refractivity contribution in [2.45, 2.75) is 24.9 Å². The molecule has 2 aliphatic heterocycles. The lowest BCUT2D eigenvalue weighted by molar-refractivity contribution is -0.00455. The molecule has 1 N–H and O–H groups in total. The van der Waals surface area contributed by atoms with Crippen LogP contribution in [0.2, 0.25) is 0 Å². The van der Waals surface area contributed by atoms with Gasteiger partial charge in [0.05, 0.1) is 0 Å². The minimum absolute atomic E-state index is 0.138. The van der Waals surface area contributed by atoms with E-state index in [1.165, 1.54) is 0 Å². The van der Waals surface area contributed by atoms with E-state index < -0.39 is 11.7 Å². The number of nitrogens with one attached hydrogen (secondary N) is 1. The summed E-state index contributed by atoms with van der Waals surface area (Å²) in [6.07, 6.45) is -0.820. The van der Waals surface area contributed by atoms with Crippen LogP contribution < -0.4 is 5.32 Å². The third-order valence-corrected chi connectivity index (χ3v) is 4.18. The first-order valence-corrected chi connectivity index (χ1v) is 7.48. The number of cyclic esters (lactones) is 1. The Bertz CT molecular complexity index is 804. The first-order valence-electron chi connectivity index (χ1n) is 7.48. The predicted octanol–water partition coefficient (Wildman–Crippen LogP) is 2.77. The molecule has 3 unspecified atom stereocenters. The molecule has 0 saturated carbocycles. The molecule has 0 aromatic heterocycles. The van der Waals surface area contributed by atoms with E-state index in [0.717, 1.165) is 16.7 Å². The molecule has 114 valence electrons. The van der Waals surface area contributed by atoms with Gasteiger partial charge >= 0.3 is 6.09 Å². The topological polar surface area (TPSA) is 50.9 Å².